The number of carbonyl (C=O) groups is 1. The monoisotopic (exact) mass is 202 g/mol. The first kappa shape index (κ1) is 10.4. The van der Waals surface area contributed by atoms with E-state index in [4.69, 9.17) is 0 Å². The highest BCUT2D eigenvalue weighted by molar-refractivity contribution is 5.50. The van der Waals surface area contributed by atoms with Crippen molar-refractivity contribution in [3.63, 3.8) is 0 Å². The summed E-state index contributed by atoms with van der Waals surface area (Å²) in [6.45, 7) is 4.62. The maximum atomic E-state index is 10.3. The molecule has 2 rings (SSSR count). The minimum Gasteiger partial charge on any atom is -0.303 e. The van der Waals surface area contributed by atoms with Crippen molar-refractivity contribution in [2.24, 2.45) is 0 Å². The average Bonchev–Trinajstić information content (AvgIpc) is 2.52. The van der Waals surface area contributed by atoms with Crippen LogP contribution in [0.15, 0.2) is 18.2 Å². The predicted molar refractivity (Wildman–Crippen MR) is 62.2 cm³/mol. The fourth-order valence-electron chi connectivity index (χ4n) is 2.48. The molecule has 0 heterocycles. The van der Waals surface area contributed by atoms with Crippen molar-refractivity contribution in [3.8, 4) is 0 Å². The lowest BCUT2D eigenvalue weighted by molar-refractivity contribution is -0.107. The second kappa shape index (κ2) is 3.80. The van der Waals surface area contributed by atoms with E-state index < -0.39 is 0 Å². The van der Waals surface area contributed by atoms with Crippen molar-refractivity contribution in [1.29, 1.82) is 0 Å². The van der Waals surface area contributed by atoms with Gasteiger partial charge in [-0.05, 0) is 41.4 Å². The second-order valence-corrected chi connectivity index (χ2v) is 5.08. The lowest BCUT2D eigenvalue weighted by Gasteiger charge is -2.18. The van der Waals surface area contributed by atoms with Crippen molar-refractivity contribution in [1.82, 2.24) is 0 Å². The highest BCUT2D eigenvalue weighted by Gasteiger charge is 2.29. The maximum Gasteiger partial charge on any atom is 0.120 e. The molecule has 1 aliphatic carbocycles. The minimum absolute atomic E-state index is 0.346. The number of hydrogen-bond donors (Lipinski definition) is 0. The summed E-state index contributed by atoms with van der Waals surface area (Å²) in [6.07, 6.45) is 4.97. The van der Waals surface area contributed by atoms with Crippen LogP contribution in [0.3, 0.4) is 0 Å². The van der Waals surface area contributed by atoms with Gasteiger partial charge >= 0.3 is 0 Å². The highest BCUT2D eigenvalue weighted by atomic mass is 16.1. The Labute approximate surface area is 91.5 Å². The molecule has 15 heavy (non-hydrogen) atoms. The molecule has 0 N–H and O–H groups in total. The van der Waals surface area contributed by atoms with Gasteiger partial charge in [0, 0.05) is 6.42 Å². The lowest BCUT2D eigenvalue weighted by Crippen LogP contribution is -2.11. The van der Waals surface area contributed by atoms with E-state index >= 15 is 0 Å². The van der Waals surface area contributed by atoms with Gasteiger partial charge in [-0.15, -0.1) is 0 Å². The van der Waals surface area contributed by atoms with Crippen LogP contribution in [-0.4, -0.2) is 6.29 Å². The molecule has 0 radical (unpaired) electrons. The summed E-state index contributed by atoms with van der Waals surface area (Å²) in [5.74, 6) is 0. The van der Waals surface area contributed by atoms with E-state index in [0.29, 0.717) is 11.8 Å². The van der Waals surface area contributed by atoms with Crippen LogP contribution in [0.2, 0.25) is 0 Å². The van der Waals surface area contributed by atoms with E-state index in [-0.39, 0.29) is 0 Å². The summed E-state index contributed by atoms with van der Waals surface area (Å²) in [4.78, 5) is 10.3. The van der Waals surface area contributed by atoms with Crippen LogP contribution in [0.4, 0.5) is 0 Å². The van der Waals surface area contributed by atoms with Crippen LogP contribution in [-0.2, 0) is 23.1 Å². The summed E-state index contributed by atoms with van der Waals surface area (Å²) in [5.41, 5.74) is 4.64. The molecule has 80 valence electrons. The molecule has 0 saturated heterocycles. The Morgan fingerprint density at radius 1 is 1.40 bits per heavy atom. The minimum atomic E-state index is 0.346. The molecule has 0 bridgehead atoms. The van der Waals surface area contributed by atoms with Gasteiger partial charge < -0.3 is 4.79 Å². The molecule has 0 fully saturated rings. The first-order valence-electron chi connectivity index (χ1n) is 5.69. The van der Waals surface area contributed by atoms with Gasteiger partial charge in [-0.1, -0.05) is 32.0 Å². The summed E-state index contributed by atoms with van der Waals surface area (Å²) in [6, 6.07) is 6.71. The molecular weight excluding hydrogens is 184 g/mol. The Kier molecular flexibility index (Phi) is 2.64. The van der Waals surface area contributed by atoms with Crippen LogP contribution in [0, 0.1) is 0 Å². The molecule has 1 aromatic rings. The van der Waals surface area contributed by atoms with E-state index in [0.717, 1.165) is 12.7 Å². The van der Waals surface area contributed by atoms with Crippen molar-refractivity contribution in [2.75, 3.05) is 0 Å². The third-order valence-corrected chi connectivity index (χ3v) is 3.47. The molecule has 1 aromatic carbocycles. The van der Waals surface area contributed by atoms with Crippen molar-refractivity contribution >= 4 is 6.29 Å². The lowest BCUT2D eigenvalue weighted by atomic mass is 9.86. The van der Waals surface area contributed by atoms with Crippen molar-refractivity contribution in [2.45, 2.75) is 44.9 Å². The highest BCUT2D eigenvalue weighted by Crippen LogP contribution is 2.38. The molecule has 1 aliphatic rings. The van der Waals surface area contributed by atoms with Gasteiger partial charge in [0.2, 0.25) is 0 Å². The van der Waals surface area contributed by atoms with E-state index in [2.05, 4.69) is 32.0 Å². The molecule has 0 aromatic heterocycles. The molecule has 0 amide bonds. The SMILES string of the molecule is CC1(C)CCc2cc(CCC=O)ccc21. The van der Waals surface area contributed by atoms with Crippen molar-refractivity contribution < 1.29 is 4.79 Å². The first-order chi connectivity index (χ1) is 7.13. The van der Waals surface area contributed by atoms with Gasteiger partial charge in [0.05, 0.1) is 0 Å². The van der Waals surface area contributed by atoms with Gasteiger partial charge in [-0.3, -0.25) is 0 Å². The smallest absolute Gasteiger partial charge is 0.120 e. The predicted octanol–water partition coefficient (Wildman–Crippen LogP) is 3.04. The maximum absolute atomic E-state index is 10.3. The fraction of sp³-hybridized carbons (Fsp3) is 0.500. The molecule has 1 heteroatoms. The Hall–Kier alpha value is -1.11. The molecule has 0 spiro atoms. The Bertz CT molecular complexity index is 377. The van der Waals surface area contributed by atoms with E-state index in [1.165, 1.54) is 29.5 Å². The number of benzene rings is 1. The van der Waals surface area contributed by atoms with Gasteiger partial charge in [-0.25, -0.2) is 0 Å². The third kappa shape index (κ3) is 1.97. The van der Waals surface area contributed by atoms with Crippen LogP contribution < -0.4 is 0 Å². The van der Waals surface area contributed by atoms with Gasteiger partial charge in [-0.2, -0.15) is 0 Å². The Morgan fingerprint density at radius 3 is 2.93 bits per heavy atom. The zero-order valence-corrected chi connectivity index (χ0v) is 9.55. The van der Waals surface area contributed by atoms with E-state index in [1.807, 2.05) is 0 Å². The molecule has 0 aliphatic heterocycles. The van der Waals surface area contributed by atoms with Crippen LogP contribution in [0.5, 0.6) is 0 Å². The molecular formula is C14H18O. The number of aryl methyl sites for hydroxylation is 2. The number of aldehydes is 1. The van der Waals surface area contributed by atoms with Gasteiger partial charge in [0.25, 0.3) is 0 Å². The summed E-state index contributed by atoms with van der Waals surface area (Å²) in [5, 5.41) is 0. The largest absolute Gasteiger partial charge is 0.303 e. The first-order valence-corrected chi connectivity index (χ1v) is 5.69. The summed E-state index contributed by atoms with van der Waals surface area (Å²) < 4.78 is 0. The zero-order valence-electron chi connectivity index (χ0n) is 9.55. The van der Waals surface area contributed by atoms with E-state index in [9.17, 15) is 4.79 Å². The summed E-state index contributed by atoms with van der Waals surface area (Å²) in [7, 11) is 0. The standard InChI is InChI=1S/C14H18O/c1-14(2)8-7-12-10-11(4-3-9-15)5-6-13(12)14/h5-6,9-10H,3-4,7-8H2,1-2H3. The molecule has 0 atom stereocenters. The number of fused-ring (bicyclic) bond motifs is 1. The fourth-order valence-corrected chi connectivity index (χ4v) is 2.48. The van der Waals surface area contributed by atoms with Gasteiger partial charge in [0.15, 0.2) is 0 Å². The van der Waals surface area contributed by atoms with Crippen LogP contribution >= 0.6 is 0 Å². The van der Waals surface area contributed by atoms with Crippen LogP contribution in [0.25, 0.3) is 0 Å². The second-order valence-electron chi connectivity index (χ2n) is 5.08. The third-order valence-electron chi connectivity index (χ3n) is 3.47. The molecule has 0 saturated carbocycles. The topological polar surface area (TPSA) is 17.1 Å². The Balaban J connectivity index is 2.25. The molecule has 0 unspecified atom stereocenters. The Morgan fingerprint density at radius 2 is 2.20 bits per heavy atom. The molecule has 1 nitrogen and oxygen atoms in total. The quantitative estimate of drug-likeness (QED) is 0.688. The summed E-state index contributed by atoms with van der Waals surface area (Å²) >= 11 is 0. The van der Waals surface area contributed by atoms with Gasteiger partial charge in [0.1, 0.15) is 6.29 Å². The zero-order chi connectivity index (χ0) is 10.9. The van der Waals surface area contributed by atoms with E-state index in [1.54, 1.807) is 0 Å². The average molecular weight is 202 g/mol. The normalized spacial score (nSPS) is 17.5. The number of rotatable bonds is 3. The van der Waals surface area contributed by atoms with Crippen LogP contribution in [0.1, 0.15) is 43.4 Å². The number of hydrogen-bond acceptors (Lipinski definition) is 1. The number of carbonyl (C=O) groups excluding carboxylic acids is 1. The van der Waals surface area contributed by atoms with Crippen molar-refractivity contribution in [3.05, 3.63) is 34.9 Å².